The largest absolute Gasteiger partial charge is 0.496 e. The maximum absolute atomic E-state index is 9.34. The van der Waals surface area contributed by atoms with Gasteiger partial charge in [0.1, 0.15) is 11.5 Å². The second kappa shape index (κ2) is 7.71. The number of aliphatic hydroxyl groups excluding tert-OH is 1. The highest BCUT2D eigenvalue weighted by molar-refractivity contribution is 5.51. The van der Waals surface area contributed by atoms with E-state index in [0.717, 1.165) is 22.6 Å². The minimum atomic E-state index is -0.0417. The first-order valence-corrected chi connectivity index (χ1v) is 7.39. The second-order valence-electron chi connectivity index (χ2n) is 5.35. The number of ether oxygens (including phenoxy) is 2. The summed E-state index contributed by atoms with van der Waals surface area (Å²) in [6.07, 6.45) is 0.181. The molecule has 0 radical (unpaired) electrons. The fraction of sp³-hybridized carbons (Fsp3) is 0.333. The van der Waals surface area contributed by atoms with Gasteiger partial charge in [-0.3, -0.25) is 0 Å². The molecule has 0 bridgehead atoms. The highest BCUT2D eigenvalue weighted by Crippen LogP contribution is 2.23. The number of benzene rings is 2. The third-order valence-corrected chi connectivity index (χ3v) is 3.24. The molecule has 4 heteroatoms. The van der Waals surface area contributed by atoms with Crippen molar-refractivity contribution in [3.63, 3.8) is 0 Å². The zero-order valence-corrected chi connectivity index (χ0v) is 13.3. The molecule has 118 valence electrons. The summed E-state index contributed by atoms with van der Waals surface area (Å²) in [4.78, 5) is 0. The van der Waals surface area contributed by atoms with E-state index < -0.39 is 0 Å². The summed E-state index contributed by atoms with van der Waals surface area (Å²) in [5, 5.41) is 12.7. The van der Waals surface area contributed by atoms with Gasteiger partial charge in [0.2, 0.25) is 0 Å². The topological polar surface area (TPSA) is 50.7 Å². The minimum absolute atomic E-state index is 0.0417. The van der Waals surface area contributed by atoms with E-state index in [4.69, 9.17) is 9.47 Å². The van der Waals surface area contributed by atoms with E-state index >= 15 is 0 Å². The van der Waals surface area contributed by atoms with Gasteiger partial charge in [0.05, 0.1) is 19.8 Å². The summed E-state index contributed by atoms with van der Waals surface area (Å²) in [7, 11) is 1.60. The SMILES string of the molecule is COc1ccc(NCc2ccc(OC(C)C)cc2)cc1CO. The highest BCUT2D eigenvalue weighted by atomic mass is 16.5. The maximum Gasteiger partial charge on any atom is 0.124 e. The maximum atomic E-state index is 9.34. The van der Waals surface area contributed by atoms with Crippen LogP contribution in [-0.4, -0.2) is 18.3 Å². The van der Waals surface area contributed by atoms with Gasteiger partial charge in [-0.25, -0.2) is 0 Å². The lowest BCUT2D eigenvalue weighted by atomic mass is 10.1. The van der Waals surface area contributed by atoms with Gasteiger partial charge in [0.25, 0.3) is 0 Å². The molecule has 0 spiro atoms. The quantitative estimate of drug-likeness (QED) is 0.820. The van der Waals surface area contributed by atoms with E-state index in [1.54, 1.807) is 7.11 Å². The average Bonchev–Trinajstić information content (AvgIpc) is 2.53. The third kappa shape index (κ3) is 4.40. The Kier molecular flexibility index (Phi) is 5.67. The molecule has 0 unspecified atom stereocenters. The molecule has 0 saturated heterocycles. The molecule has 0 atom stereocenters. The lowest BCUT2D eigenvalue weighted by molar-refractivity contribution is 0.242. The van der Waals surface area contributed by atoms with Crippen molar-refractivity contribution < 1.29 is 14.6 Å². The van der Waals surface area contributed by atoms with Crippen LogP contribution in [-0.2, 0) is 13.2 Å². The lowest BCUT2D eigenvalue weighted by Crippen LogP contribution is -2.05. The van der Waals surface area contributed by atoms with Gasteiger partial charge in [-0.2, -0.15) is 0 Å². The lowest BCUT2D eigenvalue weighted by Gasteiger charge is -2.12. The highest BCUT2D eigenvalue weighted by Gasteiger charge is 2.03. The van der Waals surface area contributed by atoms with Crippen LogP contribution in [0.3, 0.4) is 0 Å². The molecule has 0 heterocycles. The van der Waals surface area contributed by atoms with Crippen molar-refractivity contribution in [2.24, 2.45) is 0 Å². The molecular formula is C18H23NO3. The van der Waals surface area contributed by atoms with E-state index in [1.807, 2.05) is 56.3 Å². The molecule has 22 heavy (non-hydrogen) atoms. The van der Waals surface area contributed by atoms with Crippen molar-refractivity contribution >= 4 is 5.69 Å². The first-order valence-electron chi connectivity index (χ1n) is 7.39. The van der Waals surface area contributed by atoms with Crippen LogP contribution >= 0.6 is 0 Å². The molecule has 0 aliphatic carbocycles. The van der Waals surface area contributed by atoms with Crippen LogP contribution in [0.2, 0.25) is 0 Å². The zero-order valence-electron chi connectivity index (χ0n) is 13.3. The van der Waals surface area contributed by atoms with Gasteiger partial charge in [0.15, 0.2) is 0 Å². The van der Waals surface area contributed by atoms with Crippen LogP contribution in [0.1, 0.15) is 25.0 Å². The van der Waals surface area contributed by atoms with Gasteiger partial charge < -0.3 is 19.9 Å². The van der Waals surface area contributed by atoms with Crippen LogP contribution in [0, 0.1) is 0 Å². The van der Waals surface area contributed by atoms with E-state index in [0.29, 0.717) is 12.3 Å². The molecule has 4 nitrogen and oxygen atoms in total. The molecule has 0 aliphatic rings. The number of anilines is 1. The minimum Gasteiger partial charge on any atom is -0.496 e. The number of rotatable bonds is 7. The molecule has 2 rings (SSSR count). The summed E-state index contributed by atoms with van der Waals surface area (Å²) in [5.74, 6) is 1.58. The summed E-state index contributed by atoms with van der Waals surface area (Å²) in [5.41, 5.74) is 2.89. The van der Waals surface area contributed by atoms with Crippen molar-refractivity contribution in [2.75, 3.05) is 12.4 Å². The van der Waals surface area contributed by atoms with Crippen LogP contribution in [0.25, 0.3) is 0 Å². The van der Waals surface area contributed by atoms with E-state index in [9.17, 15) is 5.11 Å². The second-order valence-corrected chi connectivity index (χ2v) is 5.35. The van der Waals surface area contributed by atoms with Crippen molar-refractivity contribution in [3.05, 3.63) is 53.6 Å². The van der Waals surface area contributed by atoms with Crippen LogP contribution in [0.15, 0.2) is 42.5 Å². The zero-order chi connectivity index (χ0) is 15.9. The van der Waals surface area contributed by atoms with Crippen molar-refractivity contribution in [1.29, 1.82) is 0 Å². The Balaban J connectivity index is 1.97. The van der Waals surface area contributed by atoms with Crippen molar-refractivity contribution in [3.8, 4) is 11.5 Å². The van der Waals surface area contributed by atoms with Gasteiger partial charge >= 0.3 is 0 Å². The molecule has 2 aromatic rings. The van der Waals surface area contributed by atoms with Crippen molar-refractivity contribution in [2.45, 2.75) is 33.1 Å². The van der Waals surface area contributed by atoms with Crippen LogP contribution in [0.4, 0.5) is 5.69 Å². The van der Waals surface area contributed by atoms with E-state index in [-0.39, 0.29) is 12.7 Å². The van der Waals surface area contributed by atoms with Gasteiger partial charge in [0, 0.05) is 17.8 Å². The fourth-order valence-corrected chi connectivity index (χ4v) is 2.17. The summed E-state index contributed by atoms with van der Waals surface area (Å²) in [6.45, 7) is 4.69. The first kappa shape index (κ1) is 16.2. The molecule has 0 aliphatic heterocycles. The smallest absolute Gasteiger partial charge is 0.124 e. The number of hydrogen-bond acceptors (Lipinski definition) is 4. The van der Waals surface area contributed by atoms with Gasteiger partial charge in [-0.05, 0) is 49.7 Å². The van der Waals surface area contributed by atoms with Crippen LogP contribution in [0.5, 0.6) is 11.5 Å². The number of aliphatic hydroxyl groups is 1. The van der Waals surface area contributed by atoms with Crippen molar-refractivity contribution in [1.82, 2.24) is 0 Å². The molecule has 0 saturated carbocycles. The molecule has 0 fully saturated rings. The monoisotopic (exact) mass is 301 g/mol. The Bertz CT molecular complexity index is 594. The van der Waals surface area contributed by atoms with Gasteiger partial charge in [-0.15, -0.1) is 0 Å². The predicted octanol–water partition coefficient (Wildman–Crippen LogP) is 3.59. The summed E-state index contributed by atoms with van der Waals surface area (Å²) >= 11 is 0. The van der Waals surface area contributed by atoms with E-state index in [2.05, 4.69) is 5.32 Å². The summed E-state index contributed by atoms with van der Waals surface area (Å²) in [6, 6.07) is 13.7. The molecule has 2 N–H and O–H groups in total. The number of methoxy groups -OCH3 is 1. The number of hydrogen-bond donors (Lipinski definition) is 2. The van der Waals surface area contributed by atoms with E-state index in [1.165, 1.54) is 0 Å². The van der Waals surface area contributed by atoms with Crippen LogP contribution < -0.4 is 14.8 Å². The average molecular weight is 301 g/mol. The standard InChI is InChI=1S/C18H23NO3/c1-13(2)22-17-7-4-14(5-8-17)11-19-16-6-9-18(21-3)15(10-16)12-20/h4-10,13,19-20H,11-12H2,1-3H3. The molecule has 2 aromatic carbocycles. The molecular weight excluding hydrogens is 278 g/mol. The summed E-state index contributed by atoms with van der Waals surface area (Å²) < 4.78 is 10.8. The Hall–Kier alpha value is -2.20. The Morgan fingerprint density at radius 2 is 1.82 bits per heavy atom. The third-order valence-electron chi connectivity index (χ3n) is 3.24. The Labute approximate surface area is 131 Å². The predicted molar refractivity (Wildman–Crippen MR) is 88.4 cm³/mol. The Morgan fingerprint density at radius 3 is 2.41 bits per heavy atom. The van der Waals surface area contributed by atoms with Gasteiger partial charge in [-0.1, -0.05) is 12.1 Å². The first-order chi connectivity index (χ1) is 10.6. The molecule has 0 aromatic heterocycles. The fourth-order valence-electron chi connectivity index (χ4n) is 2.17. The number of nitrogens with one attached hydrogen (secondary N) is 1. The Morgan fingerprint density at radius 1 is 1.09 bits per heavy atom. The normalized spacial score (nSPS) is 10.6. The molecule has 0 amide bonds.